The number of allylic oxidation sites excluding steroid dienone is 1. The minimum absolute atomic E-state index is 0.0400. The number of fused-ring (bicyclic) bond motifs is 1. The Morgan fingerprint density at radius 2 is 2.06 bits per heavy atom. The summed E-state index contributed by atoms with van der Waals surface area (Å²) in [4.78, 5) is 0. The van der Waals surface area contributed by atoms with Gasteiger partial charge in [-0.2, -0.15) is 8.42 Å². The Morgan fingerprint density at radius 3 is 2.69 bits per heavy atom. The van der Waals surface area contributed by atoms with Crippen molar-refractivity contribution in [2.24, 2.45) is 23.3 Å². The fraction of sp³-hybridized carbons (Fsp3) is 0.800. The first-order valence-electron chi connectivity index (χ1n) is 5.57. The molecule has 0 bridgehead atoms. The molecule has 1 saturated carbocycles. The van der Waals surface area contributed by atoms with Gasteiger partial charge >= 0.3 is 0 Å². The maximum Gasteiger partial charge on any atom is 0.267 e. The van der Waals surface area contributed by atoms with Crippen molar-refractivity contribution in [1.29, 1.82) is 0 Å². The van der Waals surface area contributed by atoms with Crippen molar-refractivity contribution >= 4 is 10.1 Å². The molecule has 6 heteroatoms. The molecular formula is C10H18N2O3S. The highest BCUT2D eigenvalue weighted by Crippen LogP contribution is 2.40. The Balaban J connectivity index is 2.18. The lowest BCUT2D eigenvalue weighted by molar-refractivity contribution is 0.215. The van der Waals surface area contributed by atoms with Crippen molar-refractivity contribution in [2.45, 2.75) is 37.0 Å². The van der Waals surface area contributed by atoms with E-state index >= 15 is 0 Å². The van der Waals surface area contributed by atoms with Crippen LogP contribution in [0.25, 0.3) is 0 Å². The smallest absolute Gasteiger partial charge is 0.267 e. The predicted molar refractivity (Wildman–Crippen MR) is 61.0 cm³/mol. The van der Waals surface area contributed by atoms with E-state index in [0.29, 0.717) is 25.7 Å². The van der Waals surface area contributed by atoms with Crippen LogP contribution in [0.3, 0.4) is 0 Å². The van der Waals surface area contributed by atoms with Crippen LogP contribution in [0.5, 0.6) is 0 Å². The molecule has 4 unspecified atom stereocenters. The molecule has 1 fully saturated rings. The first-order valence-corrected chi connectivity index (χ1v) is 7.07. The first kappa shape index (κ1) is 11.9. The molecule has 92 valence electrons. The molecule has 0 spiro atoms. The lowest BCUT2D eigenvalue weighted by Gasteiger charge is -2.41. The summed E-state index contributed by atoms with van der Waals surface area (Å²) in [5.74, 6) is 0.285. The van der Waals surface area contributed by atoms with E-state index in [2.05, 4.69) is 0 Å². The Labute approximate surface area is 95.6 Å². The molecule has 5 N–H and O–H groups in total. The Hall–Kier alpha value is -0.590. The van der Waals surface area contributed by atoms with Crippen LogP contribution in [-0.4, -0.2) is 24.3 Å². The summed E-state index contributed by atoms with van der Waals surface area (Å²) in [6.07, 6.45) is 4.25. The molecule has 2 rings (SSSR count). The highest BCUT2D eigenvalue weighted by Gasteiger charge is 2.41. The minimum atomic E-state index is -3.93. The maximum atomic E-state index is 11.1. The highest BCUT2D eigenvalue weighted by molar-refractivity contribution is 7.86. The van der Waals surface area contributed by atoms with Crippen LogP contribution in [0.4, 0.5) is 0 Å². The third-order valence-corrected chi connectivity index (χ3v) is 5.15. The summed E-state index contributed by atoms with van der Waals surface area (Å²) in [5.41, 5.74) is 12.7. The molecule has 0 radical (unpaired) electrons. The van der Waals surface area contributed by atoms with Gasteiger partial charge in [-0.3, -0.25) is 4.55 Å². The molecule has 2 aliphatic carbocycles. The summed E-state index contributed by atoms with van der Waals surface area (Å²) in [5, 5.41) is -0.661. The van der Waals surface area contributed by atoms with Crippen LogP contribution >= 0.6 is 0 Å². The number of nitrogens with two attached hydrogens (primary N) is 2. The lowest BCUT2D eigenvalue weighted by Crippen LogP contribution is -2.46. The minimum Gasteiger partial charge on any atom is -0.402 e. The standard InChI is InChI=1S/C10H18N2O3S/c11-9-3-4-10(12)8-5-6(16(13,14)15)1-2-7(8)9/h3,6-8,10H,1-2,4-5,11-12H2,(H,13,14,15). The van der Waals surface area contributed by atoms with Gasteiger partial charge in [0.15, 0.2) is 0 Å². The molecule has 16 heavy (non-hydrogen) atoms. The second-order valence-corrected chi connectivity index (χ2v) is 6.52. The van der Waals surface area contributed by atoms with Gasteiger partial charge in [-0.25, -0.2) is 0 Å². The molecular weight excluding hydrogens is 228 g/mol. The number of hydrogen-bond acceptors (Lipinski definition) is 4. The number of hydrogen-bond donors (Lipinski definition) is 3. The van der Waals surface area contributed by atoms with Crippen molar-refractivity contribution < 1.29 is 13.0 Å². The average molecular weight is 246 g/mol. The van der Waals surface area contributed by atoms with Crippen LogP contribution < -0.4 is 11.5 Å². The van der Waals surface area contributed by atoms with Crippen molar-refractivity contribution in [3.63, 3.8) is 0 Å². The molecule has 0 heterocycles. The normalized spacial score (nSPS) is 40.0. The molecule has 0 aromatic carbocycles. The highest BCUT2D eigenvalue weighted by atomic mass is 32.2. The molecule has 0 aliphatic heterocycles. The van der Waals surface area contributed by atoms with Gasteiger partial charge in [0.2, 0.25) is 0 Å². The quantitative estimate of drug-likeness (QED) is 0.574. The summed E-state index contributed by atoms with van der Waals surface area (Å²) in [7, 11) is -3.93. The zero-order valence-corrected chi connectivity index (χ0v) is 9.86. The topological polar surface area (TPSA) is 106 Å². The SMILES string of the molecule is NC1=CCC(N)C2CC(S(=O)(=O)O)CCC12. The van der Waals surface area contributed by atoms with Gasteiger partial charge < -0.3 is 11.5 Å². The van der Waals surface area contributed by atoms with Crippen molar-refractivity contribution in [1.82, 2.24) is 0 Å². The van der Waals surface area contributed by atoms with Crippen LogP contribution in [0.2, 0.25) is 0 Å². The van der Waals surface area contributed by atoms with Gasteiger partial charge in [-0.15, -0.1) is 0 Å². The first-order chi connectivity index (χ1) is 7.39. The van der Waals surface area contributed by atoms with Crippen LogP contribution in [-0.2, 0) is 10.1 Å². The van der Waals surface area contributed by atoms with Crippen LogP contribution in [0.15, 0.2) is 11.8 Å². The van der Waals surface area contributed by atoms with Gasteiger partial charge in [-0.05, 0) is 31.6 Å². The van der Waals surface area contributed by atoms with E-state index in [9.17, 15) is 8.42 Å². The van der Waals surface area contributed by atoms with Gasteiger partial charge in [-0.1, -0.05) is 6.08 Å². The van der Waals surface area contributed by atoms with E-state index in [1.165, 1.54) is 0 Å². The summed E-state index contributed by atoms with van der Waals surface area (Å²) in [6.45, 7) is 0. The molecule has 5 nitrogen and oxygen atoms in total. The van der Waals surface area contributed by atoms with E-state index in [-0.39, 0.29) is 17.9 Å². The molecule has 0 aromatic rings. The second kappa shape index (κ2) is 4.01. The summed E-state index contributed by atoms with van der Waals surface area (Å²) < 4.78 is 31.3. The third kappa shape index (κ3) is 2.09. The molecule has 0 amide bonds. The zero-order valence-electron chi connectivity index (χ0n) is 9.04. The van der Waals surface area contributed by atoms with Gasteiger partial charge in [0.1, 0.15) is 0 Å². The van der Waals surface area contributed by atoms with E-state index in [1.807, 2.05) is 6.08 Å². The molecule has 0 aromatic heterocycles. The van der Waals surface area contributed by atoms with Crippen LogP contribution in [0, 0.1) is 11.8 Å². The Kier molecular flexibility index (Phi) is 2.98. The van der Waals surface area contributed by atoms with E-state index in [1.54, 1.807) is 0 Å². The summed E-state index contributed by atoms with van der Waals surface area (Å²) in [6, 6.07) is -0.0400. The maximum absolute atomic E-state index is 11.1. The second-order valence-electron chi connectivity index (χ2n) is 4.82. The van der Waals surface area contributed by atoms with Gasteiger partial charge in [0.25, 0.3) is 10.1 Å². The predicted octanol–water partition coefficient (Wildman–Crippen LogP) is 0.233. The molecule has 0 saturated heterocycles. The zero-order chi connectivity index (χ0) is 11.9. The average Bonchev–Trinajstić information content (AvgIpc) is 2.22. The molecule has 4 atom stereocenters. The third-order valence-electron chi connectivity index (χ3n) is 3.88. The van der Waals surface area contributed by atoms with Gasteiger partial charge in [0, 0.05) is 17.7 Å². The Morgan fingerprint density at radius 1 is 1.38 bits per heavy atom. The number of rotatable bonds is 1. The Bertz CT molecular complexity index is 404. The monoisotopic (exact) mass is 246 g/mol. The largest absolute Gasteiger partial charge is 0.402 e. The van der Waals surface area contributed by atoms with E-state index < -0.39 is 15.4 Å². The van der Waals surface area contributed by atoms with Crippen molar-refractivity contribution in [3.05, 3.63) is 11.8 Å². The summed E-state index contributed by atoms with van der Waals surface area (Å²) >= 11 is 0. The van der Waals surface area contributed by atoms with Gasteiger partial charge in [0.05, 0.1) is 5.25 Å². The van der Waals surface area contributed by atoms with E-state index in [4.69, 9.17) is 16.0 Å². The van der Waals surface area contributed by atoms with Crippen LogP contribution in [0.1, 0.15) is 25.7 Å². The van der Waals surface area contributed by atoms with Crippen molar-refractivity contribution in [2.75, 3.05) is 0 Å². The fourth-order valence-electron chi connectivity index (χ4n) is 2.92. The fourth-order valence-corrected chi connectivity index (χ4v) is 3.82. The lowest BCUT2D eigenvalue weighted by atomic mass is 9.70. The van der Waals surface area contributed by atoms with E-state index in [0.717, 1.165) is 5.70 Å². The molecule has 2 aliphatic rings. The van der Waals surface area contributed by atoms with Crippen molar-refractivity contribution in [3.8, 4) is 0 Å².